The van der Waals surface area contributed by atoms with Crippen LogP contribution in [0.2, 0.25) is 0 Å². The van der Waals surface area contributed by atoms with E-state index in [1.807, 2.05) is 0 Å². The first-order chi connectivity index (χ1) is 7.61. The molecule has 2 aliphatic heterocycles. The number of rotatable bonds is 2. The number of Topliss-reactive ketones (excluding diaryl/α,β-unsaturated/α-hetero) is 2. The van der Waals surface area contributed by atoms with Crippen molar-refractivity contribution in [2.45, 2.75) is 0 Å². The summed E-state index contributed by atoms with van der Waals surface area (Å²) in [6.07, 6.45) is 0. The molecule has 2 saturated heterocycles. The van der Waals surface area contributed by atoms with Gasteiger partial charge in [0.05, 0.1) is 0 Å². The summed E-state index contributed by atoms with van der Waals surface area (Å²) >= 11 is 0. The zero-order valence-electron chi connectivity index (χ0n) is 8.69. The first-order valence-electron chi connectivity index (χ1n) is 5.20. The van der Waals surface area contributed by atoms with Gasteiger partial charge in [-0.15, -0.1) is 0 Å². The van der Waals surface area contributed by atoms with Crippen molar-refractivity contribution in [1.29, 1.82) is 0 Å². The fourth-order valence-electron chi connectivity index (χ4n) is 1.89. The lowest BCUT2D eigenvalue weighted by Gasteiger charge is -2.20. The van der Waals surface area contributed by atoms with E-state index in [1.54, 1.807) is 9.80 Å². The summed E-state index contributed by atoms with van der Waals surface area (Å²) in [6, 6.07) is 0. The van der Waals surface area contributed by atoms with Gasteiger partial charge in [0, 0.05) is 26.2 Å². The van der Waals surface area contributed by atoms with Crippen molar-refractivity contribution in [3.05, 3.63) is 22.8 Å². The van der Waals surface area contributed by atoms with E-state index in [9.17, 15) is 9.59 Å². The molecule has 6 heteroatoms. The van der Waals surface area contributed by atoms with Gasteiger partial charge in [0.15, 0.2) is 0 Å². The van der Waals surface area contributed by atoms with Gasteiger partial charge in [0.2, 0.25) is 11.6 Å². The minimum atomic E-state index is -0.309. The number of hydrogen-bond acceptors (Lipinski definition) is 6. The van der Waals surface area contributed by atoms with Crippen molar-refractivity contribution in [1.82, 2.24) is 9.80 Å². The smallest absolute Gasteiger partial charge is 0.229 e. The lowest BCUT2D eigenvalue weighted by atomic mass is 10.00. The predicted molar refractivity (Wildman–Crippen MR) is 55.6 cm³/mol. The van der Waals surface area contributed by atoms with Crippen LogP contribution in [0.4, 0.5) is 0 Å². The fourth-order valence-corrected chi connectivity index (χ4v) is 1.89. The molecule has 0 atom stereocenters. The van der Waals surface area contributed by atoms with Gasteiger partial charge in [-0.2, -0.15) is 0 Å². The number of nitrogens with two attached hydrogens (primary N) is 2. The molecule has 0 saturated carbocycles. The topological polar surface area (TPSA) is 92.2 Å². The first-order valence-corrected chi connectivity index (χ1v) is 5.20. The summed E-state index contributed by atoms with van der Waals surface area (Å²) in [6.45, 7) is 3.06. The molecule has 2 heterocycles. The summed E-state index contributed by atoms with van der Waals surface area (Å²) in [5.74, 6) is -0.618. The summed E-state index contributed by atoms with van der Waals surface area (Å²) < 4.78 is 0. The second kappa shape index (κ2) is 2.78. The van der Waals surface area contributed by atoms with Crippen molar-refractivity contribution >= 4 is 11.6 Å². The van der Waals surface area contributed by atoms with Gasteiger partial charge in [0.1, 0.15) is 22.8 Å². The molecule has 2 fully saturated rings. The lowest BCUT2D eigenvalue weighted by Crippen LogP contribution is -2.36. The maximum absolute atomic E-state index is 12.0. The van der Waals surface area contributed by atoms with E-state index < -0.39 is 0 Å². The number of ketones is 2. The van der Waals surface area contributed by atoms with Crippen molar-refractivity contribution in [2.75, 3.05) is 26.2 Å². The molecule has 6 nitrogen and oxygen atoms in total. The van der Waals surface area contributed by atoms with Crippen molar-refractivity contribution in [2.24, 2.45) is 11.5 Å². The minimum Gasteiger partial charge on any atom is -0.394 e. The molecule has 0 aromatic heterocycles. The second-order valence-corrected chi connectivity index (χ2v) is 4.16. The average Bonchev–Trinajstić information content (AvgIpc) is 3.07. The zero-order chi connectivity index (χ0) is 11.4. The van der Waals surface area contributed by atoms with Gasteiger partial charge in [0.25, 0.3) is 0 Å². The monoisotopic (exact) mass is 220 g/mol. The van der Waals surface area contributed by atoms with Gasteiger partial charge in [-0.3, -0.25) is 9.59 Å². The zero-order valence-corrected chi connectivity index (χ0v) is 8.69. The maximum Gasteiger partial charge on any atom is 0.229 e. The molecule has 0 aromatic carbocycles. The first kappa shape index (κ1) is 9.26. The number of nitrogens with zero attached hydrogens (tertiary/aromatic N) is 2. The van der Waals surface area contributed by atoms with E-state index in [1.165, 1.54) is 0 Å². The van der Waals surface area contributed by atoms with E-state index in [4.69, 9.17) is 11.5 Å². The molecule has 0 spiro atoms. The lowest BCUT2D eigenvalue weighted by molar-refractivity contribution is -0.118. The van der Waals surface area contributed by atoms with E-state index in [2.05, 4.69) is 0 Å². The van der Waals surface area contributed by atoms with Gasteiger partial charge in [-0.1, -0.05) is 0 Å². The van der Waals surface area contributed by atoms with Gasteiger partial charge in [-0.05, 0) is 0 Å². The van der Waals surface area contributed by atoms with Crippen LogP contribution in [0, 0.1) is 0 Å². The van der Waals surface area contributed by atoms with Crippen LogP contribution in [-0.4, -0.2) is 47.5 Å². The van der Waals surface area contributed by atoms with Crippen LogP contribution < -0.4 is 11.5 Å². The quantitative estimate of drug-likeness (QED) is 0.417. The van der Waals surface area contributed by atoms with Crippen LogP contribution in [0.25, 0.3) is 0 Å². The van der Waals surface area contributed by atoms with E-state index in [-0.39, 0.29) is 34.4 Å². The van der Waals surface area contributed by atoms with Crippen LogP contribution >= 0.6 is 0 Å². The molecule has 0 aromatic rings. The molecule has 84 valence electrons. The molecule has 4 N–H and O–H groups in total. The molecule has 1 aliphatic carbocycles. The Morgan fingerprint density at radius 3 is 1.31 bits per heavy atom. The summed E-state index contributed by atoms with van der Waals surface area (Å²) in [5.41, 5.74) is 12.1. The largest absolute Gasteiger partial charge is 0.394 e. The van der Waals surface area contributed by atoms with Crippen LogP contribution in [-0.2, 0) is 9.59 Å². The Bertz CT molecular complexity index is 425. The Balaban J connectivity index is 2.06. The molecule has 0 radical (unpaired) electrons. The average molecular weight is 220 g/mol. The summed E-state index contributed by atoms with van der Waals surface area (Å²) in [5, 5.41) is 0. The van der Waals surface area contributed by atoms with Gasteiger partial charge >= 0.3 is 0 Å². The predicted octanol–water partition coefficient (Wildman–Crippen LogP) is -1.89. The Hall–Kier alpha value is -1.98. The van der Waals surface area contributed by atoms with E-state index in [0.717, 1.165) is 26.2 Å². The molecule has 16 heavy (non-hydrogen) atoms. The highest BCUT2D eigenvalue weighted by molar-refractivity contribution is 6.24. The molecular weight excluding hydrogens is 208 g/mol. The summed E-state index contributed by atoms with van der Waals surface area (Å²) in [4.78, 5) is 27.5. The number of carbonyl (C=O) groups is 2. The number of hydrogen-bond donors (Lipinski definition) is 2. The highest BCUT2D eigenvalue weighted by Crippen LogP contribution is 2.29. The molecular formula is C10H12N4O2. The molecule has 0 unspecified atom stereocenters. The molecule has 0 bridgehead atoms. The highest BCUT2D eigenvalue weighted by Gasteiger charge is 2.41. The van der Waals surface area contributed by atoms with Crippen LogP contribution in [0.5, 0.6) is 0 Å². The van der Waals surface area contributed by atoms with Crippen LogP contribution in [0.3, 0.4) is 0 Å². The molecule has 3 aliphatic rings. The van der Waals surface area contributed by atoms with Gasteiger partial charge in [-0.25, -0.2) is 0 Å². The van der Waals surface area contributed by atoms with Crippen LogP contribution in [0.1, 0.15) is 0 Å². The number of carbonyl (C=O) groups excluding carboxylic acids is 2. The Kier molecular flexibility index (Phi) is 1.61. The van der Waals surface area contributed by atoms with Gasteiger partial charge < -0.3 is 21.3 Å². The highest BCUT2D eigenvalue weighted by atomic mass is 16.1. The SMILES string of the molecule is NC1=C(N2CC2)C(=O)C(N)=C(N2CC2)C1=O. The normalized spacial score (nSPS) is 24.5. The summed E-state index contributed by atoms with van der Waals surface area (Å²) in [7, 11) is 0. The molecule has 3 rings (SSSR count). The van der Waals surface area contributed by atoms with Crippen molar-refractivity contribution in [3.8, 4) is 0 Å². The molecule has 0 amide bonds. The minimum absolute atomic E-state index is 0.0404. The fraction of sp³-hybridized carbons (Fsp3) is 0.400. The van der Waals surface area contributed by atoms with Crippen molar-refractivity contribution in [3.63, 3.8) is 0 Å². The third kappa shape index (κ3) is 1.13. The van der Waals surface area contributed by atoms with Crippen molar-refractivity contribution < 1.29 is 9.59 Å². The van der Waals surface area contributed by atoms with E-state index in [0.29, 0.717) is 0 Å². The second-order valence-electron chi connectivity index (χ2n) is 4.16. The third-order valence-electron chi connectivity index (χ3n) is 2.96. The standard InChI is InChI=1S/C10H12N4O2/c11-5-7(13-1-2-13)9(15)6(12)8(10(5)16)14-3-4-14/h1-4,11-12H2. The Morgan fingerprint density at radius 1 is 0.750 bits per heavy atom. The maximum atomic E-state index is 12.0. The Morgan fingerprint density at radius 2 is 1.06 bits per heavy atom. The van der Waals surface area contributed by atoms with E-state index >= 15 is 0 Å². The Labute approximate surface area is 92.1 Å². The third-order valence-corrected chi connectivity index (χ3v) is 2.96. The van der Waals surface area contributed by atoms with Crippen LogP contribution in [0.15, 0.2) is 22.8 Å².